The summed E-state index contributed by atoms with van der Waals surface area (Å²) in [6, 6.07) is 14.4. The Morgan fingerprint density at radius 2 is 1.82 bits per heavy atom. The van der Waals surface area contributed by atoms with Crippen LogP contribution in [0.5, 0.6) is 0 Å². The zero-order chi connectivity index (χ0) is 20.3. The number of hydrogen-bond acceptors (Lipinski definition) is 4. The van der Waals surface area contributed by atoms with Crippen molar-refractivity contribution in [2.45, 2.75) is 33.3 Å². The molecular weight excluding hydrogens is 354 g/mol. The third-order valence-corrected chi connectivity index (χ3v) is 4.92. The number of carbonyl (C=O) groups is 1. The maximum Gasteiger partial charge on any atom is 0.255 e. The van der Waals surface area contributed by atoms with E-state index in [-0.39, 0.29) is 22.8 Å². The van der Waals surface area contributed by atoms with E-state index in [2.05, 4.69) is 5.32 Å². The highest BCUT2D eigenvalue weighted by atomic mass is 16.3. The van der Waals surface area contributed by atoms with Crippen molar-refractivity contribution in [3.63, 3.8) is 0 Å². The molecule has 3 rings (SSSR count). The van der Waals surface area contributed by atoms with Gasteiger partial charge in [0.15, 0.2) is 11.0 Å². The fraction of sp³-hybridized carbons (Fsp3) is 0.304. The van der Waals surface area contributed by atoms with Crippen LogP contribution in [0, 0.1) is 12.8 Å². The first-order chi connectivity index (χ1) is 13.4. The molecule has 5 heteroatoms. The van der Waals surface area contributed by atoms with Crippen molar-refractivity contribution >= 4 is 16.9 Å². The fourth-order valence-electron chi connectivity index (χ4n) is 3.12. The molecule has 28 heavy (non-hydrogen) atoms. The van der Waals surface area contributed by atoms with Crippen molar-refractivity contribution < 1.29 is 14.3 Å². The first-order valence-corrected chi connectivity index (χ1v) is 9.48. The summed E-state index contributed by atoms with van der Waals surface area (Å²) >= 11 is 0. The first kappa shape index (κ1) is 19.8. The smallest absolute Gasteiger partial charge is 0.255 e. The maximum absolute atomic E-state index is 12.9. The monoisotopic (exact) mass is 379 g/mol. The second-order valence-electron chi connectivity index (χ2n) is 7.29. The van der Waals surface area contributed by atoms with Crippen LogP contribution >= 0.6 is 0 Å². The molecule has 0 fully saturated rings. The molecule has 2 aromatic carbocycles. The van der Waals surface area contributed by atoms with Gasteiger partial charge in [-0.15, -0.1) is 0 Å². The number of rotatable bonds is 6. The van der Waals surface area contributed by atoms with Crippen molar-refractivity contribution in [2.24, 2.45) is 5.92 Å². The Bertz CT molecular complexity index is 1040. The molecule has 0 spiro atoms. The second kappa shape index (κ2) is 8.40. The number of amides is 1. The fourth-order valence-corrected chi connectivity index (χ4v) is 3.12. The number of aliphatic hydroxyl groups excluding tert-OH is 1. The van der Waals surface area contributed by atoms with E-state index in [0.29, 0.717) is 35.2 Å². The average molecular weight is 379 g/mol. The van der Waals surface area contributed by atoms with Gasteiger partial charge in [0, 0.05) is 17.7 Å². The highest BCUT2D eigenvalue weighted by Crippen LogP contribution is 2.27. The van der Waals surface area contributed by atoms with Gasteiger partial charge in [-0.1, -0.05) is 50.2 Å². The Morgan fingerprint density at radius 1 is 1.11 bits per heavy atom. The minimum atomic E-state index is -0.474. The summed E-state index contributed by atoms with van der Waals surface area (Å²) in [4.78, 5) is 25.6. The number of benzene rings is 2. The minimum absolute atomic E-state index is 0.129. The van der Waals surface area contributed by atoms with E-state index in [1.807, 2.05) is 44.2 Å². The molecular formula is C23H25NO4. The van der Waals surface area contributed by atoms with Crippen LogP contribution in [0.1, 0.15) is 36.2 Å². The molecule has 0 aliphatic rings. The van der Waals surface area contributed by atoms with Crippen LogP contribution in [-0.2, 0) is 0 Å². The van der Waals surface area contributed by atoms with Crippen LogP contribution in [0.15, 0.2) is 57.7 Å². The van der Waals surface area contributed by atoms with Crippen molar-refractivity contribution in [3.8, 4) is 11.3 Å². The molecule has 0 radical (unpaired) electrons. The Hall–Kier alpha value is -2.92. The topological polar surface area (TPSA) is 79.5 Å². The molecule has 0 unspecified atom stereocenters. The van der Waals surface area contributed by atoms with Gasteiger partial charge in [-0.05, 0) is 31.4 Å². The molecule has 2 N–H and O–H groups in total. The molecule has 0 aliphatic heterocycles. The molecule has 0 saturated carbocycles. The number of carbonyl (C=O) groups excluding carboxylic acids is 1. The number of fused-ring (bicyclic) bond motifs is 1. The van der Waals surface area contributed by atoms with Crippen LogP contribution in [0.2, 0.25) is 0 Å². The summed E-state index contributed by atoms with van der Waals surface area (Å²) in [5.41, 5.74) is 1.74. The van der Waals surface area contributed by atoms with E-state index in [9.17, 15) is 14.7 Å². The van der Waals surface area contributed by atoms with Crippen molar-refractivity contribution in [1.29, 1.82) is 0 Å². The first-order valence-electron chi connectivity index (χ1n) is 9.48. The highest BCUT2D eigenvalue weighted by Gasteiger charge is 2.18. The normalized spacial score (nSPS) is 12.3. The van der Waals surface area contributed by atoms with E-state index in [1.54, 1.807) is 25.1 Å². The van der Waals surface area contributed by atoms with Crippen molar-refractivity contribution in [1.82, 2.24) is 5.32 Å². The molecule has 3 aromatic rings. The zero-order valence-electron chi connectivity index (χ0n) is 16.4. The van der Waals surface area contributed by atoms with E-state index in [4.69, 9.17) is 4.42 Å². The summed E-state index contributed by atoms with van der Waals surface area (Å²) < 4.78 is 6.07. The van der Waals surface area contributed by atoms with E-state index in [0.717, 1.165) is 5.56 Å². The summed E-state index contributed by atoms with van der Waals surface area (Å²) in [6.07, 6.45) is -0.00922. The van der Waals surface area contributed by atoms with Gasteiger partial charge in [-0.3, -0.25) is 9.59 Å². The van der Waals surface area contributed by atoms with E-state index < -0.39 is 6.10 Å². The molecule has 1 amide bonds. The third kappa shape index (κ3) is 3.99. The zero-order valence-corrected chi connectivity index (χ0v) is 16.4. The lowest BCUT2D eigenvalue weighted by Crippen LogP contribution is -2.29. The summed E-state index contributed by atoms with van der Waals surface area (Å²) in [5.74, 6) is 0.269. The van der Waals surface area contributed by atoms with Crippen LogP contribution in [0.25, 0.3) is 22.3 Å². The standard InChI is InChI=1S/C23H25NO4/c1-14(2)19(25)12-13-24-23(27)18-11-7-10-17-20(26)15(3)21(28-22(17)18)16-8-5-4-6-9-16/h4-11,14,19,25H,12-13H2,1-3H3,(H,24,27)/t19-/m0/s1. The Balaban J connectivity index is 1.99. The number of para-hydroxylation sites is 1. The SMILES string of the molecule is Cc1c(-c2ccccc2)oc2c(C(=O)NCC[C@H](O)C(C)C)cccc2c1=O. The molecule has 1 atom stereocenters. The molecule has 146 valence electrons. The van der Waals surface area contributed by atoms with Gasteiger partial charge < -0.3 is 14.8 Å². The molecule has 0 saturated heterocycles. The highest BCUT2D eigenvalue weighted by molar-refractivity contribution is 6.05. The Kier molecular flexibility index (Phi) is 5.95. The lowest BCUT2D eigenvalue weighted by atomic mass is 10.0. The van der Waals surface area contributed by atoms with Gasteiger partial charge in [0.25, 0.3) is 5.91 Å². The molecule has 5 nitrogen and oxygen atoms in total. The lowest BCUT2D eigenvalue weighted by molar-refractivity contribution is 0.0921. The largest absolute Gasteiger partial charge is 0.455 e. The summed E-state index contributed by atoms with van der Waals surface area (Å²) in [7, 11) is 0. The summed E-state index contributed by atoms with van der Waals surface area (Å²) in [5, 5.41) is 13.1. The van der Waals surface area contributed by atoms with Crippen molar-refractivity contribution in [3.05, 3.63) is 69.9 Å². The molecule has 1 heterocycles. The van der Waals surface area contributed by atoms with Gasteiger partial charge in [-0.25, -0.2) is 0 Å². The predicted octanol–water partition coefficient (Wildman–Crippen LogP) is 3.91. The molecule has 1 aromatic heterocycles. The van der Waals surface area contributed by atoms with Crippen LogP contribution in [-0.4, -0.2) is 23.7 Å². The number of hydrogen-bond donors (Lipinski definition) is 2. The van der Waals surface area contributed by atoms with Crippen molar-refractivity contribution in [2.75, 3.05) is 6.54 Å². The van der Waals surface area contributed by atoms with Crippen LogP contribution < -0.4 is 10.7 Å². The summed E-state index contributed by atoms with van der Waals surface area (Å²) in [6.45, 7) is 5.93. The maximum atomic E-state index is 12.9. The van der Waals surface area contributed by atoms with Gasteiger partial charge >= 0.3 is 0 Å². The second-order valence-corrected chi connectivity index (χ2v) is 7.29. The van der Waals surface area contributed by atoms with Gasteiger partial charge in [-0.2, -0.15) is 0 Å². The quantitative estimate of drug-likeness (QED) is 0.681. The predicted molar refractivity (Wildman–Crippen MR) is 110 cm³/mol. The Labute approximate surface area is 164 Å². The minimum Gasteiger partial charge on any atom is -0.455 e. The molecule has 0 aliphatic carbocycles. The van der Waals surface area contributed by atoms with Crippen LogP contribution in [0.4, 0.5) is 0 Å². The van der Waals surface area contributed by atoms with E-state index >= 15 is 0 Å². The number of aliphatic hydroxyl groups is 1. The van der Waals surface area contributed by atoms with Gasteiger partial charge in [0.05, 0.1) is 17.1 Å². The third-order valence-electron chi connectivity index (χ3n) is 4.92. The van der Waals surface area contributed by atoms with Gasteiger partial charge in [0.1, 0.15) is 5.76 Å². The lowest BCUT2D eigenvalue weighted by Gasteiger charge is -2.15. The van der Waals surface area contributed by atoms with Crippen LogP contribution in [0.3, 0.4) is 0 Å². The number of nitrogens with one attached hydrogen (secondary N) is 1. The molecule has 0 bridgehead atoms. The van der Waals surface area contributed by atoms with Gasteiger partial charge in [0.2, 0.25) is 0 Å². The Morgan fingerprint density at radius 3 is 2.50 bits per heavy atom. The average Bonchev–Trinajstić information content (AvgIpc) is 2.70. The van der Waals surface area contributed by atoms with E-state index in [1.165, 1.54) is 0 Å².